The van der Waals surface area contributed by atoms with E-state index >= 15 is 0 Å². The van der Waals surface area contributed by atoms with Crippen molar-refractivity contribution in [3.05, 3.63) is 64.4 Å². The number of aromatic amines is 1. The summed E-state index contributed by atoms with van der Waals surface area (Å²) in [5.74, 6) is 0.828. The lowest BCUT2D eigenvalue weighted by Crippen LogP contribution is -2.16. The summed E-state index contributed by atoms with van der Waals surface area (Å²) in [6.07, 6.45) is 1.26. The third-order valence-electron chi connectivity index (χ3n) is 4.28. The molecule has 6 heteroatoms. The van der Waals surface area contributed by atoms with Gasteiger partial charge in [0.1, 0.15) is 10.6 Å². The normalized spacial score (nSPS) is 11.8. The van der Waals surface area contributed by atoms with Gasteiger partial charge in [-0.05, 0) is 48.7 Å². The largest absolute Gasteiger partial charge is 0.494 e. The molecule has 0 radical (unpaired) electrons. The van der Waals surface area contributed by atoms with Gasteiger partial charge in [-0.1, -0.05) is 26.0 Å². The average molecular weight is 371 g/mol. The highest BCUT2D eigenvalue weighted by atomic mass is 32.2. The fourth-order valence-corrected chi connectivity index (χ4v) is 4.11. The molecule has 0 saturated heterocycles. The van der Waals surface area contributed by atoms with Crippen LogP contribution in [0.4, 0.5) is 0 Å². The van der Waals surface area contributed by atoms with E-state index < -0.39 is 15.3 Å². The molecule has 1 heterocycles. The van der Waals surface area contributed by atoms with E-state index in [0.717, 1.165) is 5.56 Å². The van der Waals surface area contributed by atoms with Crippen molar-refractivity contribution in [1.82, 2.24) is 4.98 Å². The Labute approximate surface area is 152 Å². The van der Waals surface area contributed by atoms with Gasteiger partial charge in [-0.2, -0.15) is 0 Å². The van der Waals surface area contributed by atoms with Crippen LogP contribution < -0.4 is 10.2 Å². The summed E-state index contributed by atoms with van der Waals surface area (Å²) >= 11 is 0. The van der Waals surface area contributed by atoms with Gasteiger partial charge in [0.05, 0.1) is 16.9 Å². The van der Waals surface area contributed by atoms with Gasteiger partial charge in [0, 0.05) is 11.7 Å². The van der Waals surface area contributed by atoms with E-state index in [4.69, 9.17) is 4.74 Å². The summed E-state index contributed by atoms with van der Waals surface area (Å²) in [4.78, 5) is 15.6. The zero-order valence-corrected chi connectivity index (χ0v) is 15.8. The van der Waals surface area contributed by atoms with Gasteiger partial charge in [-0.25, -0.2) is 8.42 Å². The third-order valence-corrected chi connectivity index (χ3v) is 6.05. The topological polar surface area (TPSA) is 76.2 Å². The van der Waals surface area contributed by atoms with Crippen LogP contribution in [-0.4, -0.2) is 20.0 Å². The molecule has 0 aliphatic heterocycles. The molecule has 0 aliphatic rings. The van der Waals surface area contributed by atoms with Gasteiger partial charge >= 0.3 is 0 Å². The van der Waals surface area contributed by atoms with Gasteiger partial charge in [0.15, 0.2) is 0 Å². The predicted octanol–water partition coefficient (Wildman–Crippen LogP) is 3.88. The van der Waals surface area contributed by atoms with Crippen molar-refractivity contribution < 1.29 is 13.2 Å². The maximum atomic E-state index is 12.9. The number of benzene rings is 2. The lowest BCUT2D eigenvalue weighted by Gasteiger charge is -2.09. The number of aromatic nitrogens is 1. The average Bonchev–Trinajstić information content (AvgIpc) is 2.62. The van der Waals surface area contributed by atoms with Gasteiger partial charge < -0.3 is 9.72 Å². The van der Waals surface area contributed by atoms with Crippen molar-refractivity contribution >= 4 is 20.7 Å². The first kappa shape index (κ1) is 18.2. The Morgan fingerprint density at radius 1 is 1.08 bits per heavy atom. The molecule has 3 aromatic rings. The molecule has 5 nitrogen and oxygen atoms in total. The van der Waals surface area contributed by atoms with Crippen LogP contribution in [0.2, 0.25) is 0 Å². The minimum Gasteiger partial charge on any atom is -0.494 e. The first-order chi connectivity index (χ1) is 12.3. The molecular formula is C20H21NO4S. The second-order valence-electron chi connectivity index (χ2n) is 6.35. The smallest absolute Gasteiger partial charge is 0.211 e. The number of nitrogens with one attached hydrogen (secondary N) is 1. The number of sulfone groups is 1. The lowest BCUT2D eigenvalue weighted by molar-refractivity contribution is 0.340. The predicted molar refractivity (Wildman–Crippen MR) is 102 cm³/mol. The molecule has 0 bridgehead atoms. The molecule has 0 amide bonds. The highest BCUT2D eigenvalue weighted by molar-refractivity contribution is 7.91. The second kappa shape index (κ2) is 6.96. The Kier molecular flexibility index (Phi) is 4.87. The van der Waals surface area contributed by atoms with Crippen molar-refractivity contribution in [3.63, 3.8) is 0 Å². The van der Waals surface area contributed by atoms with Crippen LogP contribution in [0.15, 0.2) is 63.2 Å². The van der Waals surface area contributed by atoms with Crippen LogP contribution >= 0.6 is 0 Å². The summed E-state index contributed by atoms with van der Waals surface area (Å²) in [5.41, 5.74) is 1.07. The third kappa shape index (κ3) is 3.24. The standard InChI is InChI=1S/C20H21NO4S/c1-4-25-15-7-10-18-17(11-15)20(22)19(12-21-18)26(23,24)16-8-5-14(6-9-16)13(2)3/h5-13H,4H2,1-3H3,(H,21,22). The molecule has 0 unspecified atom stereocenters. The highest BCUT2D eigenvalue weighted by Crippen LogP contribution is 2.23. The Morgan fingerprint density at radius 2 is 1.77 bits per heavy atom. The fourth-order valence-electron chi connectivity index (χ4n) is 2.79. The summed E-state index contributed by atoms with van der Waals surface area (Å²) in [6, 6.07) is 11.7. The van der Waals surface area contributed by atoms with Crippen molar-refractivity contribution in [3.8, 4) is 5.75 Å². The summed E-state index contributed by atoms with van der Waals surface area (Å²) in [5, 5.41) is 0.288. The van der Waals surface area contributed by atoms with E-state index in [1.54, 1.807) is 42.5 Å². The number of hydrogen-bond donors (Lipinski definition) is 1. The number of H-pyrrole nitrogens is 1. The molecule has 2 aromatic carbocycles. The molecule has 0 fully saturated rings. The van der Waals surface area contributed by atoms with Crippen LogP contribution in [0.1, 0.15) is 32.3 Å². The molecule has 1 aromatic heterocycles. The minimum atomic E-state index is -3.91. The second-order valence-corrected chi connectivity index (χ2v) is 8.27. The quantitative estimate of drug-likeness (QED) is 0.738. The fraction of sp³-hybridized carbons (Fsp3) is 0.250. The molecule has 136 valence electrons. The van der Waals surface area contributed by atoms with E-state index in [0.29, 0.717) is 23.8 Å². The van der Waals surface area contributed by atoms with Crippen LogP contribution in [0, 0.1) is 0 Å². The van der Waals surface area contributed by atoms with Crippen LogP contribution in [0.25, 0.3) is 10.9 Å². The van der Waals surface area contributed by atoms with E-state index in [1.165, 1.54) is 6.20 Å². The molecule has 0 aliphatic carbocycles. The van der Waals surface area contributed by atoms with Crippen molar-refractivity contribution in [1.29, 1.82) is 0 Å². The Balaban J connectivity index is 2.13. The van der Waals surface area contributed by atoms with E-state index in [2.05, 4.69) is 4.98 Å². The van der Waals surface area contributed by atoms with Gasteiger partial charge in [-0.15, -0.1) is 0 Å². The van der Waals surface area contributed by atoms with Gasteiger partial charge in [-0.3, -0.25) is 4.79 Å². The Bertz CT molecular complexity index is 1100. The number of pyridine rings is 1. The van der Waals surface area contributed by atoms with Crippen LogP contribution in [0.5, 0.6) is 5.75 Å². The summed E-state index contributed by atoms with van der Waals surface area (Å²) < 4.78 is 31.3. The van der Waals surface area contributed by atoms with Gasteiger partial charge in [0.25, 0.3) is 0 Å². The molecule has 1 N–H and O–H groups in total. The maximum absolute atomic E-state index is 12.9. The first-order valence-electron chi connectivity index (χ1n) is 8.48. The molecular weight excluding hydrogens is 350 g/mol. The molecule has 0 saturated carbocycles. The number of ether oxygens (including phenoxy) is 1. The zero-order valence-electron chi connectivity index (χ0n) is 14.9. The lowest BCUT2D eigenvalue weighted by atomic mass is 10.0. The first-order valence-corrected chi connectivity index (χ1v) is 9.96. The van der Waals surface area contributed by atoms with E-state index in [9.17, 15) is 13.2 Å². The highest BCUT2D eigenvalue weighted by Gasteiger charge is 2.22. The molecule has 0 atom stereocenters. The van der Waals surface area contributed by atoms with E-state index in [-0.39, 0.29) is 15.2 Å². The van der Waals surface area contributed by atoms with Crippen LogP contribution in [0.3, 0.4) is 0 Å². The Hall–Kier alpha value is -2.60. The number of rotatable bonds is 5. The summed E-state index contributed by atoms with van der Waals surface area (Å²) in [6.45, 7) is 6.38. The molecule has 3 rings (SSSR count). The number of hydrogen-bond acceptors (Lipinski definition) is 4. The van der Waals surface area contributed by atoms with E-state index in [1.807, 2.05) is 20.8 Å². The Morgan fingerprint density at radius 3 is 2.38 bits per heavy atom. The SMILES string of the molecule is CCOc1ccc2[nH]cc(S(=O)(=O)c3ccc(C(C)C)cc3)c(=O)c2c1. The monoisotopic (exact) mass is 371 g/mol. The van der Waals surface area contributed by atoms with Gasteiger partial charge in [0.2, 0.25) is 15.3 Å². The zero-order chi connectivity index (χ0) is 18.9. The number of fused-ring (bicyclic) bond motifs is 1. The van der Waals surface area contributed by atoms with Crippen LogP contribution in [-0.2, 0) is 9.84 Å². The summed E-state index contributed by atoms with van der Waals surface area (Å²) in [7, 11) is -3.91. The minimum absolute atomic E-state index is 0.104. The maximum Gasteiger partial charge on any atom is 0.211 e. The van der Waals surface area contributed by atoms with Crippen molar-refractivity contribution in [2.24, 2.45) is 0 Å². The van der Waals surface area contributed by atoms with Crippen molar-refractivity contribution in [2.45, 2.75) is 36.5 Å². The molecule has 26 heavy (non-hydrogen) atoms. The van der Waals surface area contributed by atoms with Crippen molar-refractivity contribution in [2.75, 3.05) is 6.61 Å². The molecule has 0 spiro atoms.